The molecule has 0 radical (unpaired) electrons. The summed E-state index contributed by atoms with van der Waals surface area (Å²) in [6, 6.07) is 105. The Morgan fingerprint density at radius 3 is 1.22 bits per heavy atom. The van der Waals surface area contributed by atoms with Crippen molar-refractivity contribution in [2.45, 2.75) is 23.7 Å². The Hall–Kier alpha value is -12.6. The summed E-state index contributed by atoms with van der Waals surface area (Å²) in [4.78, 5) is 0. The molecule has 4 unspecified atom stereocenters. The van der Waals surface area contributed by atoms with Gasteiger partial charge in [0.2, 0.25) is 0 Å². The summed E-state index contributed by atoms with van der Waals surface area (Å²) in [5.41, 5.74) is 30.7. The highest BCUT2D eigenvalue weighted by Crippen LogP contribution is 2.59. The standard InChI is InChI=1S/C88H48N4O/c89-45-49-24-28-68-74(32-49)85-67-22-8-7-21-66(67)83(68)79-43-72(61(47-91)41-77(79)85)56-17-11-16-54(35-56)60-37-58(51-12-2-1-3-13-51)36-59(38-60)53-15-10-14-52(34-53)55-26-30-70-76(39-55)86-75-33-50(46-90)25-29-69(75)84(70)80-44-73(62(48-92)42-78(80)86)57-27-31-82-81(40-57)87-65-20-6-4-18-63(65)64-19-5-9-23-71(64)88(87)93-82/h1-44,83-86H. The largest absolute Gasteiger partial charge is 0.455 e. The summed E-state index contributed by atoms with van der Waals surface area (Å²) in [7, 11) is 0. The van der Waals surface area contributed by atoms with Gasteiger partial charge in [-0.1, -0.05) is 170 Å². The van der Waals surface area contributed by atoms with Gasteiger partial charge in [-0.3, -0.25) is 0 Å². The van der Waals surface area contributed by atoms with Gasteiger partial charge in [0.25, 0.3) is 0 Å². The highest BCUT2D eigenvalue weighted by atomic mass is 16.3. The molecular weight excluding hydrogens is 1130 g/mol. The molecule has 15 aromatic rings. The minimum Gasteiger partial charge on any atom is -0.455 e. The minimum absolute atomic E-state index is 0.0177. The van der Waals surface area contributed by atoms with Gasteiger partial charge in [-0.25, -0.2) is 0 Å². The molecule has 93 heavy (non-hydrogen) atoms. The van der Waals surface area contributed by atoms with Crippen molar-refractivity contribution in [2.24, 2.45) is 0 Å². The van der Waals surface area contributed by atoms with Crippen molar-refractivity contribution in [1.29, 1.82) is 21.0 Å². The maximum atomic E-state index is 11.2. The molecule has 5 nitrogen and oxygen atoms in total. The third-order valence-corrected chi connectivity index (χ3v) is 20.7. The predicted octanol–water partition coefficient (Wildman–Crippen LogP) is 21.4. The summed E-state index contributed by atoms with van der Waals surface area (Å²) >= 11 is 0. The summed E-state index contributed by atoms with van der Waals surface area (Å²) in [6.07, 6.45) is 0. The average Bonchev–Trinajstić information content (AvgIpc) is 0.735. The fourth-order valence-electron chi connectivity index (χ4n) is 16.6. The molecule has 4 bridgehead atoms. The molecule has 5 heteroatoms. The van der Waals surface area contributed by atoms with Crippen LogP contribution in [0.2, 0.25) is 0 Å². The fraction of sp³-hybridized carbons (Fsp3) is 0.0455. The zero-order valence-corrected chi connectivity index (χ0v) is 49.9. The van der Waals surface area contributed by atoms with E-state index < -0.39 is 0 Å². The van der Waals surface area contributed by atoms with Crippen molar-refractivity contribution in [2.75, 3.05) is 0 Å². The first-order valence-electron chi connectivity index (χ1n) is 31.5. The van der Waals surface area contributed by atoms with Gasteiger partial charge >= 0.3 is 0 Å². The summed E-state index contributed by atoms with van der Waals surface area (Å²) in [5.74, 6) is -0.413. The van der Waals surface area contributed by atoms with Crippen LogP contribution in [0, 0.1) is 45.3 Å². The first kappa shape index (κ1) is 52.3. The van der Waals surface area contributed by atoms with Crippen LogP contribution in [-0.4, -0.2) is 0 Å². The maximum Gasteiger partial charge on any atom is 0.143 e. The Morgan fingerprint density at radius 2 is 0.624 bits per heavy atom. The van der Waals surface area contributed by atoms with Gasteiger partial charge < -0.3 is 4.42 Å². The number of hydrogen-bond donors (Lipinski definition) is 0. The zero-order chi connectivity index (χ0) is 61.7. The molecule has 0 saturated carbocycles. The van der Waals surface area contributed by atoms with Crippen LogP contribution in [0.1, 0.15) is 113 Å². The lowest BCUT2D eigenvalue weighted by molar-refractivity contribution is 0.673. The van der Waals surface area contributed by atoms with Gasteiger partial charge in [0.05, 0.1) is 46.5 Å². The molecule has 0 N–H and O–H groups in total. The minimum atomic E-state index is -0.207. The van der Waals surface area contributed by atoms with Gasteiger partial charge in [-0.15, -0.1) is 0 Å². The Bertz CT molecular complexity index is 6040. The normalized spacial score (nSPS) is 15.7. The van der Waals surface area contributed by atoms with Crippen LogP contribution < -0.4 is 0 Å². The van der Waals surface area contributed by atoms with E-state index in [4.69, 9.17) is 4.42 Å². The molecule has 14 aromatic carbocycles. The Kier molecular flexibility index (Phi) is 11.2. The highest BCUT2D eigenvalue weighted by molar-refractivity contribution is 6.30. The van der Waals surface area contributed by atoms with Crippen molar-refractivity contribution in [3.63, 3.8) is 0 Å². The smallest absolute Gasteiger partial charge is 0.143 e. The van der Waals surface area contributed by atoms with E-state index in [1.54, 1.807) is 0 Å². The second-order valence-electron chi connectivity index (χ2n) is 25.3. The predicted molar refractivity (Wildman–Crippen MR) is 370 cm³/mol. The fourth-order valence-corrected chi connectivity index (χ4v) is 16.6. The van der Waals surface area contributed by atoms with E-state index in [1.165, 1.54) is 49.9 Å². The van der Waals surface area contributed by atoms with Crippen molar-refractivity contribution in [1.82, 2.24) is 0 Å². The van der Waals surface area contributed by atoms with Crippen LogP contribution in [0.3, 0.4) is 0 Å². The molecular formula is C88H48N4O. The second kappa shape index (κ2) is 19.9. The molecule has 0 aliphatic heterocycles. The van der Waals surface area contributed by atoms with E-state index in [9.17, 15) is 21.0 Å². The molecule has 0 fully saturated rings. The van der Waals surface area contributed by atoms with Crippen LogP contribution in [0.4, 0.5) is 0 Å². The van der Waals surface area contributed by atoms with Crippen molar-refractivity contribution >= 4 is 43.5 Å². The number of nitrogens with zero attached hydrogens (tertiary/aromatic N) is 4. The molecule has 21 rings (SSSR count). The third kappa shape index (κ3) is 7.70. The summed E-state index contributed by atoms with van der Waals surface area (Å²) in [6.45, 7) is 0. The van der Waals surface area contributed by atoms with Gasteiger partial charge in [0, 0.05) is 39.8 Å². The van der Waals surface area contributed by atoms with Crippen molar-refractivity contribution in [3.8, 4) is 91.0 Å². The monoisotopic (exact) mass is 1180 g/mol. The maximum absolute atomic E-state index is 11.2. The van der Waals surface area contributed by atoms with Gasteiger partial charge in [0.15, 0.2) is 0 Å². The van der Waals surface area contributed by atoms with E-state index >= 15 is 0 Å². The molecule has 0 amide bonds. The zero-order valence-electron chi connectivity index (χ0n) is 49.9. The van der Waals surface area contributed by atoms with Crippen LogP contribution in [0.5, 0.6) is 0 Å². The number of hydrogen-bond acceptors (Lipinski definition) is 5. The third-order valence-electron chi connectivity index (χ3n) is 20.7. The molecule has 1 aromatic heterocycles. The van der Waals surface area contributed by atoms with Crippen LogP contribution in [-0.2, 0) is 0 Å². The molecule has 4 atom stereocenters. The Balaban J connectivity index is 0.702. The van der Waals surface area contributed by atoms with E-state index in [2.05, 4.69) is 273 Å². The Morgan fingerprint density at radius 1 is 0.237 bits per heavy atom. The first-order valence-corrected chi connectivity index (χ1v) is 31.5. The molecule has 426 valence electrons. The molecule has 0 spiro atoms. The lowest BCUT2D eigenvalue weighted by Crippen LogP contribution is -2.28. The lowest BCUT2D eigenvalue weighted by Gasteiger charge is -2.43. The first-order chi connectivity index (χ1) is 45.9. The number of benzene rings is 14. The number of nitriles is 4. The van der Waals surface area contributed by atoms with E-state index in [0.717, 1.165) is 127 Å². The van der Waals surface area contributed by atoms with E-state index in [1.807, 2.05) is 18.2 Å². The van der Waals surface area contributed by atoms with Gasteiger partial charge in [-0.2, -0.15) is 21.0 Å². The average molecular weight is 1180 g/mol. The molecule has 1 heterocycles. The highest BCUT2D eigenvalue weighted by Gasteiger charge is 2.44. The van der Waals surface area contributed by atoms with Crippen molar-refractivity contribution < 1.29 is 4.42 Å². The van der Waals surface area contributed by atoms with Crippen molar-refractivity contribution in [3.05, 3.63) is 356 Å². The number of rotatable bonds is 6. The van der Waals surface area contributed by atoms with E-state index in [0.29, 0.717) is 22.3 Å². The van der Waals surface area contributed by atoms with Crippen LogP contribution >= 0.6 is 0 Å². The SMILES string of the molecule is N#Cc1ccc2c(c1)C1c3ccccc3C2c2cc(-c3cccc(-c4cc(-c5ccccc5)cc(-c5cccc(-c6ccc7c(c6)C6c8cc(C#N)ccc8C7c7cc(-c8ccc9oc%10c%11ccccc%11c%11ccccc%11c%10c9c8)c(C#N)cc76)c5)c4)c3)c(C#N)cc21. The quantitative estimate of drug-likeness (QED) is 0.154. The van der Waals surface area contributed by atoms with Gasteiger partial charge in [0.1, 0.15) is 11.2 Å². The topological polar surface area (TPSA) is 108 Å². The van der Waals surface area contributed by atoms with E-state index in [-0.39, 0.29) is 23.7 Å². The Labute approximate surface area is 536 Å². The number of fused-ring (bicyclic) bond motifs is 8. The van der Waals surface area contributed by atoms with Gasteiger partial charge in [-0.05, 0) is 247 Å². The summed E-state index contributed by atoms with van der Waals surface area (Å²) < 4.78 is 6.72. The summed E-state index contributed by atoms with van der Waals surface area (Å²) in [5, 5.41) is 49.0. The molecule has 6 aliphatic rings. The van der Waals surface area contributed by atoms with Crippen LogP contribution in [0.15, 0.2) is 271 Å². The van der Waals surface area contributed by atoms with Crippen LogP contribution in [0.25, 0.3) is 110 Å². The lowest BCUT2D eigenvalue weighted by atomic mass is 9.60. The molecule has 0 saturated heterocycles. The second-order valence-corrected chi connectivity index (χ2v) is 25.3. The number of furan rings is 1. The molecule has 6 aliphatic carbocycles.